The normalized spacial score (nSPS) is 10.2. The van der Waals surface area contributed by atoms with Gasteiger partial charge in [-0.15, -0.1) is 5.10 Å². The Hall–Kier alpha value is -2.29. The van der Waals surface area contributed by atoms with Crippen LogP contribution in [0.1, 0.15) is 10.4 Å². The topological polar surface area (TPSA) is 110 Å². The van der Waals surface area contributed by atoms with Crippen molar-refractivity contribution in [2.24, 2.45) is 0 Å². The molecule has 19 heavy (non-hydrogen) atoms. The molecule has 1 aromatic heterocycles. The number of carboxylic acids is 1. The number of rotatable bonds is 4. The Morgan fingerprint density at radius 1 is 1.42 bits per heavy atom. The number of tetrazole rings is 1. The van der Waals surface area contributed by atoms with E-state index >= 15 is 0 Å². The van der Waals surface area contributed by atoms with Crippen LogP contribution in [0.15, 0.2) is 29.0 Å². The summed E-state index contributed by atoms with van der Waals surface area (Å²) in [7, 11) is 0. The van der Waals surface area contributed by atoms with E-state index in [2.05, 4.69) is 36.8 Å². The van der Waals surface area contributed by atoms with Crippen molar-refractivity contribution in [1.29, 1.82) is 0 Å². The van der Waals surface area contributed by atoms with Crippen LogP contribution in [0.25, 0.3) is 0 Å². The molecule has 1 amide bonds. The van der Waals surface area contributed by atoms with E-state index in [1.54, 1.807) is 6.07 Å². The van der Waals surface area contributed by atoms with Crippen molar-refractivity contribution in [3.8, 4) is 0 Å². The number of nitrogens with one attached hydrogen (secondary N) is 1. The molecule has 2 rings (SSSR count). The van der Waals surface area contributed by atoms with Crippen molar-refractivity contribution in [3.63, 3.8) is 0 Å². The maximum absolute atomic E-state index is 11.7. The summed E-state index contributed by atoms with van der Waals surface area (Å²) in [6.07, 6.45) is 1.29. The van der Waals surface area contributed by atoms with Gasteiger partial charge in [0.05, 0.1) is 11.3 Å². The molecule has 0 saturated heterocycles. The van der Waals surface area contributed by atoms with Crippen LogP contribution in [0.4, 0.5) is 5.69 Å². The third kappa shape index (κ3) is 3.35. The fourth-order valence-corrected chi connectivity index (χ4v) is 1.75. The minimum Gasteiger partial charge on any atom is -0.478 e. The first-order valence-electron chi connectivity index (χ1n) is 5.10. The lowest BCUT2D eigenvalue weighted by Gasteiger charge is -2.08. The predicted molar refractivity (Wildman–Crippen MR) is 67.5 cm³/mol. The van der Waals surface area contributed by atoms with Crippen LogP contribution in [0.3, 0.4) is 0 Å². The Kier molecular flexibility index (Phi) is 3.85. The van der Waals surface area contributed by atoms with E-state index in [1.165, 1.54) is 23.1 Å². The highest BCUT2D eigenvalue weighted by Crippen LogP contribution is 2.21. The summed E-state index contributed by atoms with van der Waals surface area (Å²) in [5.41, 5.74) is 0.216. The fourth-order valence-electron chi connectivity index (χ4n) is 1.39. The van der Waals surface area contributed by atoms with Gasteiger partial charge in [0.1, 0.15) is 12.9 Å². The molecule has 1 aromatic carbocycles. The standard InChI is InChI=1S/C10H8BrN5O3/c11-6-1-2-8(7(3-6)10(18)19)13-9(17)4-16-5-12-14-15-16/h1-3,5H,4H2,(H,13,17)(H,18,19). The summed E-state index contributed by atoms with van der Waals surface area (Å²) in [5, 5.41) is 21.9. The molecule has 0 unspecified atom stereocenters. The highest BCUT2D eigenvalue weighted by atomic mass is 79.9. The molecule has 2 N–H and O–H groups in total. The van der Waals surface area contributed by atoms with Gasteiger partial charge in [0.25, 0.3) is 0 Å². The van der Waals surface area contributed by atoms with Crippen LogP contribution in [0.2, 0.25) is 0 Å². The molecule has 0 spiro atoms. The number of carbonyl (C=O) groups excluding carboxylic acids is 1. The van der Waals surface area contributed by atoms with Crippen LogP contribution in [-0.2, 0) is 11.3 Å². The van der Waals surface area contributed by atoms with E-state index in [9.17, 15) is 9.59 Å². The Balaban J connectivity index is 2.14. The molecular weight excluding hydrogens is 318 g/mol. The molecule has 9 heteroatoms. The summed E-state index contributed by atoms with van der Waals surface area (Å²) < 4.78 is 1.85. The quantitative estimate of drug-likeness (QED) is 0.859. The third-order valence-corrected chi connectivity index (χ3v) is 2.68. The summed E-state index contributed by atoms with van der Waals surface area (Å²) in [6.45, 7) is -0.0951. The number of carboxylic acid groups (broad SMARTS) is 1. The van der Waals surface area contributed by atoms with E-state index in [-0.39, 0.29) is 17.8 Å². The molecule has 8 nitrogen and oxygen atoms in total. The molecule has 2 aromatic rings. The molecule has 0 aliphatic heterocycles. The van der Waals surface area contributed by atoms with Crippen LogP contribution >= 0.6 is 15.9 Å². The molecular formula is C10H8BrN5O3. The van der Waals surface area contributed by atoms with E-state index in [4.69, 9.17) is 5.11 Å². The number of aromatic carboxylic acids is 1. The maximum atomic E-state index is 11.7. The maximum Gasteiger partial charge on any atom is 0.337 e. The van der Waals surface area contributed by atoms with Crippen LogP contribution in [-0.4, -0.2) is 37.2 Å². The van der Waals surface area contributed by atoms with Crippen molar-refractivity contribution in [3.05, 3.63) is 34.6 Å². The number of hydrogen-bond acceptors (Lipinski definition) is 5. The van der Waals surface area contributed by atoms with E-state index in [1.807, 2.05) is 0 Å². The lowest BCUT2D eigenvalue weighted by atomic mass is 10.2. The highest BCUT2D eigenvalue weighted by molar-refractivity contribution is 9.10. The summed E-state index contributed by atoms with van der Waals surface area (Å²) >= 11 is 3.17. The van der Waals surface area contributed by atoms with Crippen LogP contribution < -0.4 is 5.32 Å². The van der Waals surface area contributed by atoms with Gasteiger partial charge in [0.15, 0.2) is 0 Å². The van der Waals surface area contributed by atoms with E-state index in [0.29, 0.717) is 4.47 Å². The molecule has 0 fully saturated rings. The highest BCUT2D eigenvalue weighted by Gasteiger charge is 2.13. The molecule has 0 atom stereocenters. The van der Waals surface area contributed by atoms with Gasteiger partial charge in [-0.1, -0.05) is 15.9 Å². The fraction of sp³-hybridized carbons (Fsp3) is 0.100. The Labute approximate surface area is 115 Å². The molecule has 0 aliphatic carbocycles. The van der Waals surface area contributed by atoms with E-state index in [0.717, 1.165) is 0 Å². The van der Waals surface area contributed by atoms with Gasteiger partial charge in [-0.3, -0.25) is 4.79 Å². The van der Waals surface area contributed by atoms with Crippen LogP contribution in [0.5, 0.6) is 0 Å². The number of anilines is 1. The number of halogens is 1. The SMILES string of the molecule is O=C(Cn1cnnn1)Nc1ccc(Br)cc1C(=O)O. The first-order valence-corrected chi connectivity index (χ1v) is 5.89. The Morgan fingerprint density at radius 3 is 2.84 bits per heavy atom. The first-order chi connectivity index (χ1) is 9.06. The molecule has 0 bridgehead atoms. The van der Waals surface area contributed by atoms with Gasteiger partial charge in [-0.05, 0) is 28.6 Å². The average molecular weight is 326 g/mol. The number of benzene rings is 1. The van der Waals surface area contributed by atoms with Crippen LogP contribution in [0, 0.1) is 0 Å². The van der Waals surface area contributed by atoms with Crippen molar-refractivity contribution in [2.75, 3.05) is 5.32 Å². The minimum absolute atomic E-state index is 0.000518. The van der Waals surface area contributed by atoms with Crippen molar-refractivity contribution in [2.45, 2.75) is 6.54 Å². The van der Waals surface area contributed by atoms with Gasteiger partial charge in [-0.2, -0.15) is 0 Å². The lowest BCUT2D eigenvalue weighted by molar-refractivity contribution is -0.116. The second kappa shape index (κ2) is 5.57. The lowest BCUT2D eigenvalue weighted by Crippen LogP contribution is -2.20. The van der Waals surface area contributed by atoms with Gasteiger partial charge < -0.3 is 10.4 Å². The van der Waals surface area contributed by atoms with Crippen molar-refractivity contribution >= 4 is 33.5 Å². The molecule has 0 saturated carbocycles. The number of aromatic nitrogens is 4. The second-order valence-corrected chi connectivity index (χ2v) is 4.47. The average Bonchev–Trinajstić information content (AvgIpc) is 2.83. The Morgan fingerprint density at radius 2 is 2.21 bits per heavy atom. The van der Waals surface area contributed by atoms with Crippen molar-refractivity contribution < 1.29 is 14.7 Å². The smallest absolute Gasteiger partial charge is 0.337 e. The summed E-state index contributed by atoms with van der Waals surface area (Å²) in [4.78, 5) is 22.8. The number of amides is 1. The van der Waals surface area contributed by atoms with Gasteiger partial charge in [0.2, 0.25) is 5.91 Å². The zero-order chi connectivity index (χ0) is 13.8. The second-order valence-electron chi connectivity index (χ2n) is 3.55. The zero-order valence-electron chi connectivity index (χ0n) is 9.45. The largest absolute Gasteiger partial charge is 0.478 e. The van der Waals surface area contributed by atoms with Gasteiger partial charge in [0, 0.05) is 4.47 Å². The van der Waals surface area contributed by atoms with Crippen molar-refractivity contribution in [1.82, 2.24) is 20.2 Å². The zero-order valence-corrected chi connectivity index (χ0v) is 11.0. The summed E-state index contributed by atoms with van der Waals surface area (Å²) in [5.74, 6) is -1.55. The Bertz CT molecular complexity index is 614. The molecule has 1 heterocycles. The molecule has 0 radical (unpaired) electrons. The minimum atomic E-state index is -1.13. The number of nitrogens with zero attached hydrogens (tertiary/aromatic N) is 4. The summed E-state index contributed by atoms with van der Waals surface area (Å²) in [6, 6.07) is 4.55. The predicted octanol–water partition coefficient (Wildman–Crippen LogP) is 0.772. The van der Waals surface area contributed by atoms with Gasteiger partial charge in [-0.25, -0.2) is 9.48 Å². The van der Waals surface area contributed by atoms with Gasteiger partial charge >= 0.3 is 5.97 Å². The van der Waals surface area contributed by atoms with E-state index < -0.39 is 11.9 Å². The first kappa shape index (κ1) is 13.1. The monoisotopic (exact) mass is 325 g/mol. The number of carbonyl (C=O) groups is 2. The molecule has 0 aliphatic rings. The number of hydrogen-bond donors (Lipinski definition) is 2. The molecule has 98 valence electrons. The third-order valence-electron chi connectivity index (χ3n) is 2.18.